The van der Waals surface area contributed by atoms with Crippen molar-refractivity contribution in [3.05, 3.63) is 63.3 Å². The van der Waals surface area contributed by atoms with Crippen LogP contribution in [0.5, 0.6) is 0 Å². The number of aryl methyl sites for hydroxylation is 1. The average molecular weight is 286 g/mol. The van der Waals surface area contributed by atoms with Crippen LogP contribution in [0.1, 0.15) is 23.1 Å². The van der Waals surface area contributed by atoms with Crippen molar-refractivity contribution in [2.45, 2.75) is 19.9 Å². The first-order chi connectivity index (χ1) is 10.1. The molecule has 0 amide bonds. The van der Waals surface area contributed by atoms with Gasteiger partial charge in [0.05, 0.1) is 19.3 Å². The van der Waals surface area contributed by atoms with E-state index >= 15 is 0 Å². The largest absolute Gasteiger partial charge is 0.395 e. The van der Waals surface area contributed by atoms with Crippen molar-refractivity contribution in [3.63, 3.8) is 0 Å². The summed E-state index contributed by atoms with van der Waals surface area (Å²) in [5.74, 6) is 5.17. The van der Waals surface area contributed by atoms with E-state index in [9.17, 15) is 9.18 Å². The normalized spacial score (nSPS) is 10.0. The number of hydrogen-bond donors (Lipinski definition) is 1. The van der Waals surface area contributed by atoms with Crippen molar-refractivity contribution in [3.8, 4) is 11.8 Å². The van der Waals surface area contributed by atoms with Gasteiger partial charge in [0, 0.05) is 18.1 Å². The van der Waals surface area contributed by atoms with Gasteiger partial charge in [-0.05, 0) is 30.2 Å². The Balaban J connectivity index is 2.35. The van der Waals surface area contributed by atoms with Crippen molar-refractivity contribution in [2.75, 3.05) is 6.61 Å². The zero-order chi connectivity index (χ0) is 15.2. The predicted octanol–water partition coefficient (Wildman–Crippen LogP) is 1.47. The van der Waals surface area contributed by atoms with Crippen LogP contribution in [0.15, 0.2) is 35.3 Å². The summed E-state index contributed by atoms with van der Waals surface area (Å²) in [5, 5.41) is 12.8. The Morgan fingerprint density at radius 3 is 2.90 bits per heavy atom. The smallest absolute Gasteiger partial charge is 0.267 e. The molecule has 0 radical (unpaired) electrons. The maximum absolute atomic E-state index is 13.3. The molecule has 108 valence electrons. The molecular weight excluding hydrogens is 271 g/mol. The Morgan fingerprint density at radius 2 is 2.19 bits per heavy atom. The second kappa shape index (κ2) is 6.82. The Bertz CT molecular complexity index is 757. The van der Waals surface area contributed by atoms with E-state index in [1.807, 2.05) is 0 Å². The van der Waals surface area contributed by atoms with E-state index < -0.39 is 5.82 Å². The highest BCUT2D eigenvalue weighted by Crippen LogP contribution is 2.11. The van der Waals surface area contributed by atoms with Gasteiger partial charge in [-0.15, -0.1) is 0 Å². The Hall–Kier alpha value is -2.45. The summed E-state index contributed by atoms with van der Waals surface area (Å²) < 4.78 is 14.6. The molecule has 1 aromatic heterocycles. The molecule has 0 unspecified atom stereocenters. The van der Waals surface area contributed by atoms with Crippen molar-refractivity contribution in [1.29, 1.82) is 0 Å². The highest BCUT2D eigenvalue weighted by molar-refractivity contribution is 5.41. The molecule has 5 heteroatoms. The number of aromatic nitrogens is 2. The van der Waals surface area contributed by atoms with Gasteiger partial charge < -0.3 is 5.11 Å². The van der Waals surface area contributed by atoms with Crippen LogP contribution >= 0.6 is 0 Å². The minimum atomic E-state index is -0.392. The minimum absolute atomic E-state index is 0.0450. The van der Waals surface area contributed by atoms with Crippen LogP contribution in [0.3, 0.4) is 0 Å². The van der Waals surface area contributed by atoms with Crippen molar-refractivity contribution < 1.29 is 9.50 Å². The monoisotopic (exact) mass is 286 g/mol. The zero-order valence-corrected chi connectivity index (χ0v) is 11.6. The predicted molar refractivity (Wildman–Crippen MR) is 77.3 cm³/mol. The van der Waals surface area contributed by atoms with Gasteiger partial charge in [-0.25, -0.2) is 9.07 Å². The topological polar surface area (TPSA) is 55.1 Å². The van der Waals surface area contributed by atoms with E-state index in [-0.39, 0.29) is 18.7 Å². The second-order valence-electron chi connectivity index (χ2n) is 4.61. The number of rotatable bonds is 3. The zero-order valence-electron chi connectivity index (χ0n) is 11.6. The molecule has 1 heterocycles. The van der Waals surface area contributed by atoms with E-state index in [4.69, 9.17) is 5.11 Å². The van der Waals surface area contributed by atoms with Crippen LogP contribution in [-0.4, -0.2) is 21.5 Å². The van der Waals surface area contributed by atoms with Gasteiger partial charge in [-0.3, -0.25) is 4.79 Å². The minimum Gasteiger partial charge on any atom is -0.395 e. The molecule has 0 atom stereocenters. The van der Waals surface area contributed by atoms with Crippen molar-refractivity contribution in [1.82, 2.24) is 9.78 Å². The van der Waals surface area contributed by atoms with Crippen molar-refractivity contribution in [2.24, 2.45) is 0 Å². The molecule has 21 heavy (non-hydrogen) atoms. The lowest BCUT2D eigenvalue weighted by Crippen LogP contribution is -2.23. The number of aliphatic hydroxyl groups is 1. The summed E-state index contributed by atoms with van der Waals surface area (Å²) in [6, 6.07) is 5.73. The van der Waals surface area contributed by atoms with Crippen LogP contribution in [0.25, 0.3) is 0 Å². The fraction of sp³-hybridized carbons (Fsp3) is 0.250. The summed E-state index contributed by atoms with van der Waals surface area (Å²) in [6.07, 6.45) is 1.92. The van der Waals surface area contributed by atoms with Crippen LogP contribution in [-0.2, 0) is 6.54 Å². The summed E-state index contributed by atoms with van der Waals surface area (Å²) in [6.45, 7) is 1.97. The van der Waals surface area contributed by atoms with E-state index in [1.165, 1.54) is 22.9 Å². The van der Waals surface area contributed by atoms with Crippen LogP contribution < -0.4 is 5.56 Å². The fourth-order valence-corrected chi connectivity index (χ4v) is 1.82. The molecule has 1 aromatic carbocycles. The lowest BCUT2D eigenvalue weighted by molar-refractivity contribution is 0.305. The molecule has 0 bridgehead atoms. The average Bonchev–Trinajstić information content (AvgIpc) is 2.44. The van der Waals surface area contributed by atoms with E-state index in [1.54, 1.807) is 19.2 Å². The van der Waals surface area contributed by atoms with Gasteiger partial charge >= 0.3 is 0 Å². The third-order valence-electron chi connectivity index (χ3n) is 2.86. The third kappa shape index (κ3) is 4.01. The van der Waals surface area contributed by atoms with E-state index in [0.717, 1.165) is 5.56 Å². The maximum atomic E-state index is 13.3. The highest BCUT2D eigenvalue weighted by Gasteiger charge is 2.05. The number of hydrogen-bond acceptors (Lipinski definition) is 3. The Morgan fingerprint density at radius 1 is 1.38 bits per heavy atom. The number of aliphatic hydroxyl groups excluding tert-OH is 1. The summed E-state index contributed by atoms with van der Waals surface area (Å²) in [7, 11) is 0. The van der Waals surface area contributed by atoms with Gasteiger partial charge in [0.1, 0.15) is 5.82 Å². The quantitative estimate of drug-likeness (QED) is 0.869. The molecule has 2 aromatic rings. The van der Waals surface area contributed by atoms with E-state index in [2.05, 4.69) is 16.9 Å². The Kier molecular flexibility index (Phi) is 4.85. The molecule has 0 fully saturated rings. The Labute approximate surface area is 121 Å². The fourth-order valence-electron chi connectivity index (χ4n) is 1.82. The molecule has 4 nitrogen and oxygen atoms in total. The van der Waals surface area contributed by atoms with Gasteiger partial charge in [-0.2, -0.15) is 5.10 Å². The third-order valence-corrected chi connectivity index (χ3v) is 2.86. The van der Waals surface area contributed by atoms with Gasteiger partial charge in [-0.1, -0.05) is 17.9 Å². The van der Waals surface area contributed by atoms with E-state index in [0.29, 0.717) is 17.5 Å². The van der Waals surface area contributed by atoms with Gasteiger partial charge in [0.2, 0.25) is 0 Å². The molecule has 0 saturated heterocycles. The van der Waals surface area contributed by atoms with Gasteiger partial charge in [0.15, 0.2) is 0 Å². The first-order valence-electron chi connectivity index (χ1n) is 6.52. The van der Waals surface area contributed by atoms with Crippen molar-refractivity contribution >= 4 is 0 Å². The molecule has 1 N–H and O–H groups in total. The lowest BCUT2D eigenvalue weighted by atomic mass is 10.1. The molecule has 2 rings (SSSR count). The van der Waals surface area contributed by atoms with Crippen LogP contribution in [0.2, 0.25) is 0 Å². The highest BCUT2D eigenvalue weighted by atomic mass is 19.1. The summed E-state index contributed by atoms with van der Waals surface area (Å²) in [5.41, 5.74) is 1.78. The van der Waals surface area contributed by atoms with Crippen LogP contribution in [0.4, 0.5) is 4.39 Å². The first kappa shape index (κ1) is 14.9. The molecule has 0 aliphatic carbocycles. The molecule has 0 spiro atoms. The second-order valence-corrected chi connectivity index (χ2v) is 4.61. The maximum Gasteiger partial charge on any atom is 0.267 e. The number of benzene rings is 1. The SMILES string of the molecule is Cc1cnn(Cc2ccc(F)cc2C#CCCO)c(=O)c1. The molecule has 0 aliphatic heterocycles. The first-order valence-corrected chi connectivity index (χ1v) is 6.52. The molecule has 0 aliphatic rings. The standard InChI is InChI=1S/C16H15FN2O2/c1-12-8-16(21)19(18-10-12)11-14-5-6-15(17)9-13(14)4-2-3-7-20/h5-6,8-10,20H,3,7,11H2,1H3. The lowest BCUT2D eigenvalue weighted by Gasteiger charge is -2.07. The number of halogens is 1. The van der Waals surface area contributed by atoms with Gasteiger partial charge in [0.25, 0.3) is 5.56 Å². The summed E-state index contributed by atoms with van der Waals surface area (Å²) >= 11 is 0. The summed E-state index contributed by atoms with van der Waals surface area (Å²) in [4.78, 5) is 11.8. The molecule has 0 saturated carbocycles. The molecular formula is C16H15FN2O2. The van der Waals surface area contributed by atoms with Crippen LogP contribution in [0, 0.1) is 24.6 Å². The number of nitrogens with zero attached hydrogens (tertiary/aromatic N) is 2.